The van der Waals surface area contributed by atoms with E-state index < -0.39 is 0 Å². The van der Waals surface area contributed by atoms with Gasteiger partial charge < -0.3 is 4.74 Å². The van der Waals surface area contributed by atoms with Crippen LogP contribution in [0, 0.1) is 11.8 Å². The molecule has 2 fully saturated rings. The average molecular weight is 222 g/mol. The topological polar surface area (TPSA) is 43.4 Å². The van der Waals surface area contributed by atoms with Crippen molar-refractivity contribution in [2.24, 2.45) is 11.8 Å². The number of hydrogen-bond donors (Lipinski definition) is 0. The van der Waals surface area contributed by atoms with Crippen LogP contribution < -0.4 is 0 Å². The summed E-state index contributed by atoms with van der Waals surface area (Å²) in [6.45, 7) is 0. The molecule has 0 aromatic heterocycles. The molecule has 0 N–H and O–H groups in total. The molecule has 0 aromatic rings. The van der Waals surface area contributed by atoms with E-state index in [1.807, 2.05) is 0 Å². The first-order chi connectivity index (χ1) is 7.70. The maximum atomic E-state index is 11.7. The van der Waals surface area contributed by atoms with E-state index in [2.05, 4.69) is 4.74 Å². The number of carbonyl (C=O) groups is 2. The Morgan fingerprint density at radius 1 is 1.38 bits per heavy atom. The summed E-state index contributed by atoms with van der Waals surface area (Å²) in [5.74, 6) is 0.732. The Labute approximate surface area is 95.9 Å². The van der Waals surface area contributed by atoms with Gasteiger partial charge in [0.25, 0.3) is 0 Å². The predicted molar refractivity (Wildman–Crippen MR) is 59.8 cm³/mol. The van der Waals surface area contributed by atoms with E-state index in [-0.39, 0.29) is 5.97 Å². The highest BCUT2D eigenvalue weighted by Gasteiger charge is 2.33. The first-order valence-electron chi connectivity index (χ1n) is 6.02. The highest BCUT2D eigenvalue weighted by atomic mass is 16.5. The third-order valence-corrected chi connectivity index (χ3v) is 3.53. The van der Waals surface area contributed by atoms with Crippen LogP contribution in [0.5, 0.6) is 0 Å². The number of allylic oxidation sites excluding steroid dienone is 1. The van der Waals surface area contributed by atoms with Crippen molar-refractivity contribution in [1.82, 2.24) is 0 Å². The highest BCUT2D eigenvalue weighted by Crippen LogP contribution is 2.38. The number of ether oxygens (including phenoxy) is 1. The molecule has 0 amide bonds. The summed E-state index contributed by atoms with van der Waals surface area (Å²) in [5, 5.41) is 0. The van der Waals surface area contributed by atoms with Gasteiger partial charge in [0.15, 0.2) is 0 Å². The second-order valence-corrected chi connectivity index (χ2v) is 4.78. The Bertz CT molecular complexity index is 326. The Morgan fingerprint density at radius 2 is 2.12 bits per heavy atom. The Morgan fingerprint density at radius 3 is 2.75 bits per heavy atom. The summed E-state index contributed by atoms with van der Waals surface area (Å²) in [7, 11) is 1.39. The van der Waals surface area contributed by atoms with Crippen LogP contribution in [0.15, 0.2) is 11.6 Å². The molecule has 3 nitrogen and oxygen atoms in total. The molecule has 0 aromatic carbocycles. The fraction of sp³-hybridized carbons (Fsp3) is 0.692. The van der Waals surface area contributed by atoms with Crippen LogP contribution in [0.25, 0.3) is 0 Å². The minimum absolute atomic E-state index is 0.291. The van der Waals surface area contributed by atoms with Gasteiger partial charge in [-0.3, -0.25) is 4.79 Å². The summed E-state index contributed by atoms with van der Waals surface area (Å²) < 4.78 is 4.62. The van der Waals surface area contributed by atoms with E-state index in [4.69, 9.17) is 0 Å². The van der Waals surface area contributed by atoms with E-state index in [1.54, 1.807) is 6.08 Å². The van der Waals surface area contributed by atoms with Gasteiger partial charge in [-0.1, -0.05) is 5.57 Å². The maximum absolute atomic E-state index is 11.7. The van der Waals surface area contributed by atoms with Gasteiger partial charge in [-0.2, -0.15) is 0 Å². The third-order valence-electron chi connectivity index (χ3n) is 3.53. The molecule has 1 atom stereocenters. The molecule has 0 spiro atoms. The van der Waals surface area contributed by atoms with Crippen LogP contribution in [-0.4, -0.2) is 18.9 Å². The lowest BCUT2D eigenvalue weighted by Crippen LogP contribution is -2.09. The molecule has 0 bridgehead atoms. The highest BCUT2D eigenvalue weighted by molar-refractivity contribution is 5.85. The average Bonchev–Trinajstić information content (AvgIpc) is 3.04. The van der Waals surface area contributed by atoms with Gasteiger partial charge in [-0.05, 0) is 38.0 Å². The molecule has 0 aliphatic heterocycles. The summed E-state index contributed by atoms with van der Waals surface area (Å²) in [6, 6.07) is 0. The van der Waals surface area contributed by atoms with Crippen molar-refractivity contribution in [3.8, 4) is 0 Å². The molecular weight excluding hydrogens is 204 g/mol. The van der Waals surface area contributed by atoms with Crippen LogP contribution in [-0.2, 0) is 14.3 Å². The zero-order chi connectivity index (χ0) is 11.5. The zero-order valence-electron chi connectivity index (χ0n) is 9.70. The molecule has 3 heteroatoms. The molecule has 0 radical (unpaired) electrons. The second-order valence-electron chi connectivity index (χ2n) is 4.78. The second kappa shape index (κ2) is 4.81. The van der Waals surface area contributed by atoms with Crippen molar-refractivity contribution in [1.29, 1.82) is 0 Å². The lowest BCUT2D eigenvalue weighted by Gasteiger charge is -2.10. The summed E-state index contributed by atoms with van der Waals surface area (Å²) in [5.41, 5.74) is 1.11. The first-order valence-corrected chi connectivity index (χ1v) is 6.02. The van der Waals surface area contributed by atoms with E-state index in [1.165, 1.54) is 7.11 Å². The maximum Gasteiger partial charge on any atom is 0.330 e. The van der Waals surface area contributed by atoms with Crippen molar-refractivity contribution < 1.29 is 14.3 Å². The smallest absolute Gasteiger partial charge is 0.330 e. The van der Waals surface area contributed by atoms with Gasteiger partial charge in [0, 0.05) is 18.4 Å². The van der Waals surface area contributed by atoms with Gasteiger partial charge in [0.1, 0.15) is 5.78 Å². The normalized spacial score (nSPS) is 27.1. The Hall–Kier alpha value is -1.12. The number of hydrogen-bond acceptors (Lipinski definition) is 3. The molecule has 0 saturated heterocycles. The molecule has 0 heterocycles. The molecule has 2 rings (SSSR count). The Balaban J connectivity index is 1.94. The Kier molecular flexibility index (Phi) is 3.42. The molecular formula is C13H18O3. The standard InChI is InChI=1S/C13H18O3/c1-16-13(15)8-11-4-2-3-10(11)7-12(14)9-5-6-9/h8-10H,2-7H2,1H3/b11-8+/t10-/m0/s1. The van der Waals surface area contributed by atoms with Crippen molar-refractivity contribution in [3.05, 3.63) is 11.6 Å². The zero-order valence-corrected chi connectivity index (χ0v) is 9.70. The first kappa shape index (κ1) is 11.4. The molecule has 2 saturated carbocycles. The number of ketones is 1. The summed E-state index contributed by atoms with van der Waals surface area (Å²) in [4.78, 5) is 22.9. The predicted octanol–water partition coefficient (Wildman–Crippen LogP) is 2.26. The van der Waals surface area contributed by atoms with Crippen LogP contribution in [0.3, 0.4) is 0 Å². The SMILES string of the molecule is COC(=O)/C=C1\CCC[C@H]1CC(=O)C1CC1. The minimum Gasteiger partial charge on any atom is -0.466 e. The molecule has 88 valence electrons. The van der Waals surface area contributed by atoms with E-state index >= 15 is 0 Å². The fourth-order valence-corrected chi connectivity index (χ4v) is 2.39. The summed E-state index contributed by atoms with van der Waals surface area (Å²) >= 11 is 0. The van der Waals surface area contributed by atoms with Crippen LogP contribution >= 0.6 is 0 Å². The molecule has 16 heavy (non-hydrogen) atoms. The minimum atomic E-state index is -0.291. The van der Waals surface area contributed by atoms with Crippen molar-refractivity contribution in [3.63, 3.8) is 0 Å². The van der Waals surface area contributed by atoms with Gasteiger partial charge >= 0.3 is 5.97 Å². The van der Waals surface area contributed by atoms with Gasteiger partial charge in [0.05, 0.1) is 7.11 Å². The quantitative estimate of drug-likeness (QED) is 0.541. The van der Waals surface area contributed by atoms with Crippen LogP contribution in [0.4, 0.5) is 0 Å². The van der Waals surface area contributed by atoms with Crippen molar-refractivity contribution >= 4 is 11.8 Å². The lowest BCUT2D eigenvalue weighted by molar-refractivity contribution is -0.135. The van der Waals surface area contributed by atoms with Crippen LogP contribution in [0.2, 0.25) is 0 Å². The lowest BCUT2D eigenvalue weighted by atomic mass is 9.94. The number of carbonyl (C=O) groups excluding carboxylic acids is 2. The molecule has 2 aliphatic rings. The fourth-order valence-electron chi connectivity index (χ4n) is 2.39. The monoisotopic (exact) mass is 222 g/mol. The number of esters is 1. The number of methoxy groups -OCH3 is 1. The van der Waals surface area contributed by atoms with Crippen molar-refractivity contribution in [2.45, 2.75) is 38.5 Å². The number of rotatable bonds is 4. The van der Waals surface area contributed by atoms with Crippen LogP contribution in [0.1, 0.15) is 38.5 Å². The molecule has 2 aliphatic carbocycles. The largest absolute Gasteiger partial charge is 0.466 e. The number of Topliss-reactive ketones (excluding diaryl/α,β-unsaturated/α-hetero) is 1. The van der Waals surface area contributed by atoms with Gasteiger partial charge in [-0.15, -0.1) is 0 Å². The van der Waals surface area contributed by atoms with Crippen molar-refractivity contribution in [2.75, 3.05) is 7.11 Å². The van der Waals surface area contributed by atoms with E-state index in [9.17, 15) is 9.59 Å². The third kappa shape index (κ3) is 2.71. The summed E-state index contributed by atoms with van der Waals surface area (Å²) in [6.07, 6.45) is 7.43. The van der Waals surface area contributed by atoms with Gasteiger partial charge in [0.2, 0.25) is 0 Å². The van der Waals surface area contributed by atoms with E-state index in [0.717, 1.165) is 37.7 Å². The van der Waals surface area contributed by atoms with Gasteiger partial charge in [-0.25, -0.2) is 4.79 Å². The molecule has 0 unspecified atom stereocenters. The van der Waals surface area contributed by atoms with E-state index in [0.29, 0.717) is 24.0 Å².